The molecule has 8 heteroatoms. The summed E-state index contributed by atoms with van der Waals surface area (Å²) in [5.74, 6) is 0.177. The summed E-state index contributed by atoms with van der Waals surface area (Å²) in [7, 11) is 1.61. The highest BCUT2D eigenvalue weighted by atomic mass is 19.2. The van der Waals surface area contributed by atoms with Crippen molar-refractivity contribution in [1.29, 1.82) is 0 Å². The van der Waals surface area contributed by atoms with E-state index < -0.39 is 24.3 Å². The zero-order valence-corrected chi connectivity index (χ0v) is 15.3. The minimum absolute atomic E-state index is 0.105. The number of nitrogens with zero attached hydrogens (tertiary/aromatic N) is 1. The van der Waals surface area contributed by atoms with Gasteiger partial charge in [-0.3, -0.25) is 9.79 Å². The van der Waals surface area contributed by atoms with Gasteiger partial charge in [0.15, 0.2) is 18.1 Å². The van der Waals surface area contributed by atoms with Gasteiger partial charge in [0, 0.05) is 25.2 Å². The van der Waals surface area contributed by atoms with Crippen LogP contribution in [0.15, 0.2) is 51.6 Å². The highest BCUT2D eigenvalue weighted by Crippen LogP contribution is 2.21. The average Bonchev–Trinajstić information content (AvgIpc) is 3.03. The Morgan fingerprint density at radius 2 is 2.19 bits per heavy atom. The Labute approximate surface area is 156 Å². The fourth-order valence-corrected chi connectivity index (χ4v) is 2.77. The van der Waals surface area contributed by atoms with Crippen LogP contribution in [0.2, 0.25) is 0 Å². The molecule has 0 spiro atoms. The lowest BCUT2D eigenvalue weighted by atomic mass is 9.98. The molecule has 1 aromatic heterocycles. The van der Waals surface area contributed by atoms with E-state index in [1.54, 1.807) is 26.1 Å². The number of carbonyl (C=O) groups is 1. The van der Waals surface area contributed by atoms with Crippen LogP contribution in [-0.2, 0) is 0 Å². The van der Waals surface area contributed by atoms with Gasteiger partial charge in [-0.25, -0.2) is 8.78 Å². The number of carbonyl (C=O) groups excluding carboxylic acids is 1. The van der Waals surface area contributed by atoms with E-state index in [-0.39, 0.29) is 18.7 Å². The van der Waals surface area contributed by atoms with Crippen molar-refractivity contribution >= 4 is 11.6 Å². The maximum absolute atomic E-state index is 13.5. The highest BCUT2D eigenvalue weighted by Gasteiger charge is 2.23. The molecule has 0 saturated carbocycles. The molecule has 2 unspecified atom stereocenters. The standard InChI is InChI=1S/C19H24F2N4O2/c1-11-14(17(24-2)5-6-22)9-18(27-11)19(26)25-13(10-23)7-12-3-4-15(20)16(21)8-12/h3-6,8-9,13,15-16H,7,10,22-23H2,1-2H3,(H,25,26)/t13-,15?,16?/m0/s1. The monoisotopic (exact) mass is 378 g/mol. The number of nitrogens with two attached hydrogens (primary N) is 2. The third-order valence-corrected chi connectivity index (χ3v) is 4.19. The molecule has 1 aliphatic carbocycles. The number of hydrogen-bond acceptors (Lipinski definition) is 5. The molecule has 0 radical (unpaired) electrons. The fraction of sp³-hybridized carbons (Fsp3) is 0.368. The number of rotatable bonds is 7. The Hall–Kier alpha value is -2.74. The van der Waals surface area contributed by atoms with E-state index in [1.165, 1.54) is 18.4 Å². The minimum Gasteiger partial charge on any atom is -0.455 e. The summed E-state index contributed by atoms with van der Waals surface area (Å²) in [6.07, 6.45) is 3.80. The predicted molar refractivity (Wildman–Crippen MR) is 101 cm³/mol. The first-order valence-corrected chi connectivity index (χ1v) is 8.53. The van der Waals surface area contributed by atoms with E-state index in [1.807, 2.05) is 0 Å². The van der Waals surface area contributed by atoms with Crippen molar-refractivity contribution in [2.75, 3.05) is 13.6 Å². The molecule has 2 rings (SSSR count). The molecule has 6 nitrogen and oxygen atoms in total. The van der Waals surface area contributed by atoms with E-state index in [4.69, 9.17) is 15.9 Å². The molecular weight excluding hydrogens is 354 g/mol. The van der Waals surface area contributed by atoms with Crippen molar-refractivity contribution in [2.24, 2.45) is 16.5 Å². The summed E-state index contributed by atoms with van der Waals surface area (Å²) in [5, 5.41) is 2.75. The average molecular weight is 378 g/mol. The maximum Gasteiger partial charge on any atom is 0.287 e. The topological polar surface area (TPSA) is 107 Å². The Balaban J connectivity index is 2.09. The summed E-state index contributed by atoms with van der Waals surface area (Å²) in [4.78, 5) is 16.6. The third kappa shape index (κ3) is 5.13. The second-order valence-electron chi connectivity index (χ2n) is 6.15. The second kappa shape index (κ2) is 9.27. The highest BCUT2D eigenvalue weighted by molar-refractivity contribution is 6.10. The van der Waals surface area contributed by atoms with E-state index in [0.717, 1.165) is 6.08 Å². The summed E-state index contributed by atoms with van der Waals surface area (Å²) < 4.78 is 32.1. The van der Waals surface area contributed by atoms with Crippen molar-refractivity contribution in [2.45, 2.75) is 31.7 Å². The quantitative estimate of drug-likeness (QED) is 0.632. The van der Waals surface area contributed by atoms with Gasteiger partial charge < -0.3 is 21.2 Å². The molecule has 0 bridgehead atoms. The molecule has 1 aromatic rings. The molecule has 0 aromatic carbocycles. The van der Waals surface area contributed by atoms with Gasteiger partial charge in [-0.15, -0.1) is 0 Å². The number of hydrogen-bond donors (Lipinski definition) is 3. The number of alkyl halides is 2. The van der Waals surface area contributed by atoms with Crippen LogP contribution in [-0.4, -0.2) is 43.6 Å². The van der Waals surface area contributed by atoms with E-state index in [0.29, 0.717) is 22.6 Å². The van der Waals surface area contributed by atoms with Gasteiger partial charge in [0.1, 0.15) is 5.76 Å². The van der Waals surface area contributed by atoms with Crippen LogP contribution < -0.4 is 16.8 Å². The second-order valence-corrected chi connectivity index (χ2v) is 6.15. The Bertz CT molecular complexity index is 796. The first-order valence-electron chi connectivity index (χ1n) is 8.53. The summed E-state index contributed by atoms with van der Waals surface area (Å²) in [5.41, 5.74) is 12.9. The molecule has 0 fully saturated rings. The van der Waals surface area contributed by atoms with E-state index in [9.17, 15) is 13.6 Å². The van der Waals surface area contributed by atoms with Gasteiger partial charge in [0.25, 0.3) is 5.91 Å². The van der Waals surface area contributed by atoms with Gasteiger partial charge in [0.05, 0.1) is 5.71 Å². The molecule has 3 atom stereocenters. The van der Waals surface area contributed by atoms with Gasteiger partial charge in [-0.2, -0.15) is 0 Å². The predicted octanol–water partition coefficient (Wildman–Crippen LogP) is 2.10. The molecule has 1 amide bonds. The summed E-state index contributed by atoms with van der Waals surface area (Å²) in [6.45, 7) is 1.85. The first kappa shape index (κ1) is 20.6. The zero-order chi connectivity index (χ0) is 20.0. The van der Waals surface area contributed by atoms with E-state index in [2.05, 4.69) is 10.3 Å². The Kier molecular flexibility index (Phi) is 7.06. The van der Waals surface area contributed by atoms with Crippen molar-refractivity contribution in [1.82, 2.24) is 5.32 Å². The lowest BCUT2D eigenvalue weighted by molar-refractivity contribution is 0.0908. The SMILES string of the molecule is CN=C(C=CN)c1cc(C(=O)N[C@H](CN)CC2=CC(F)C(F)C=C2)oc1C. The van der Waals surface area contributed by atoms with Crippen molar-refractivity contribution in [3.8, 4) is 0 Å². The normalized spacial score (nSPS) is 21.4. The van der Waals surface area contributed by atoms with Gasteiger partial charge in [-0.1, -0.05) is 6.08 Å². The summed E-state index contributed by atoms with van der Waals surface area (Å²) in [6, 6.07) is 1.12. The van der Waals surface area contributed by atoms with Crippen LogP contribution in [0.25, 0.3) is 0 Å². The first-order chi connectivity index (χ1) is 12.9. The third-order valence-electron chi connectivity index (χ3n) is 4.19. The molecule has 5 N–H and O–H groups in total. The lowest BCUT2D eigenvalue weighted by Crippen LogP contribution is -2.40. The number of nitrogens with one attached hydrogen (secondary N) is 1. The number of allylic oxidation sites excluding steroid dienone is 4. The van der Waals surface area contributed by atoms with Crippen molar-refractivity contribution in [3.63, 3.8) is 0 Å². The molecule has 1 aliphatic rings. The fourth-order valence-electron chi connectivity index (χ4n) is 2.77. The summed E-state index contributed by atoms with van der Waals surface area (Å²) >= 11 is 0. The zero-order valence-electron chi connectivity index (χ0n) is 15.3. The van der Waals surface area contributed by atoms with Gasteiger partial charge >= 0.3 is 0 Å². The van der Waals surface area contributed by atoms with Crippen LogP contribution in [0.5, 0.6) is 0 Å². The van der Waals surface area contributed by atoms with Gasteiger partial charge in [-0.05, 0) is 49.4 Å². The van der Waals surface area contributed by atoms with Crippen LogP contribution >= 0.6 is 0 Å². The smallest absolute Gasteiger partial charge is 0.287 e. The van der Waals surface area contributed by atoms with Crippen molar-refractivity contribution < 1.29 is 18.0 Å². The molecule has 1 heterocycles. The minimum atomic E-state index is -1.68. The maximum atomic E-state index is 13.5. The molecule has 0 aliphatic heterocycles. The number of aryl methyl sites for hydroxylation is 1. The Morgan fingerprint density at radius 1 is 1.44 bits per heavy atom. The molecule has 146 valence electrons. The number of furan rings is 1. The number of amides is 1. The largest absolute Gasteiger partial charge is 0.455 e. The molecule has 0 saturated heterocycles. The molecule has 27 heavy (non-hydrogen) atoms. The van der Waals surface area contributed by atoms with Crippen LogP contribution in [0.4, 0.5) is 8.78 Å². The van der Waals surface area contributed by atoms with E-state index >= 15 is 0 Å². The Morgan fingerprint density at radius 3 is 2.78 bits per heavy atom. The number of aliphatic imine (C=N–C) groups is 1. The number of halogens is 2. The van der Waals surface area contributed by atoms with Gasteiger partial charge in [0.2, 0.25) is 0 Å². The van der Waals surface area contributed by atoms with Crippen molar-refractivity contribution in [3.05, 3.63) is 59.2 Å². The lowest BCUT2D eigenvalue weighted by Gasteiger charge is -2.19. The van der Waals surface area contributed by atoms with Crippen LogP contribution in [0.1, 0.15) is 28.3 Å². The van der Waals surface area contributed by atoms with Crippen LogP contribution in [0.3, 0.4) is 0 Å². The van der Waals surface area contributed by atoms with Crippen LogP contribution in [0, 0.1) is 6.92 Å². The molecular formula is C19H24F2N4O2.